The van der Waals surface area contributed by atoms with E-state index in [9.17, 15) is 9.18 Å². The van der Waals surface area contributed by atoms with Crippen LogP contribution >= 0.6 is 11.3 Å². The maximum atomic E-state index is 13.5. The molecule has 0 saturated carbocycles. The molecule has 4 rings (SSSR count). The van der Waals surface area contributed by atoms with Crippen LogP contribution in [0, 0.1) is 11.3 Å². The number of nitrogens with one attached hydrogen (secondary N) is 1. The summed E-state index contributed by atoms with van der Waals surface area (Å²) in [5, 5.41) is 16.1. The number of anilines is 1. The largest absolute Gasteiger partial charge is 0.382 e. The molecule has 2 fully saturated rings. The van der Waals surface area contributed by atoms with Crippen molar-refractivity contribution in [2.24, 2.45) is 0 Å². The van der Waals surface area contributed by atoms with Crippen molar-refractivity contribution < 1.29 is 9.18 Å². The van der Waals surface area contributed by atoms with E-state index in [1.54, 1.807) is 11.3 Å². The lowest BCUT2D eigenvalue weighted by molar-refractivity contribution is -0.132. The quantitative estimate of drug-likeness (QED) is 0.876. The fraction of sp³-hybridized carbons (Fsp3) is 0.500. The monoisotopic (exact) mass is 386 g/mol. The van der Waals surface area contributed by atoms with Gasteiger partial charge in [0.1, 0.15) is 12.2 Å². The zero-order chi connectivity index (χ0) is 18.8. The molecule has 1 aromatic heterocycles. The molecule has 5 nitrogen and oxygen atoms in total. The molecule has 142 valence electrons. The molecule has 2 aliphatic heterocycles. The molecule has 1 N–H and O–H groups in total. The average Bonchev–Trinajstić information content (AvgIpc) is 3.30. The lowest BCUT2D eigenvalue weighted by atomic mass is 10.0. The molecule has 0 radical (unpaired) electrons. The molecule has 1 amide bonds. The van der Waals surface area contributed by atoms with Crippen LogP contribution in [0.25, 0.3) is 10.1 Å². The molecular formula is C20H23FN4OS. The minimum absolute atomic E-state index is 0.0553. The van der Waals surface area contributed by atoms with E-state index in [-0.39, 0.29) is 25.4 Å². The number of hydrogen-bond donors (Lipinski definition) is 1. The molecule has 1 aromatic carbocycles. The Morgan fingerprint density at radius 2 is 2.15 bits per heavy atom. The van der Waals surface area contributed by atoms with Gasteiger partial charge in [-0.25, -0.2) is 4.39 Å². The molecule has 2 aromatic rings. The summed E-state index contributed by atoms with van der Waals surface area (Å²) in [4.78, 5) is 16.0. The summed E-state index contributed by atoms with van der Waals surface area (Å²) in [5.41, 5.74) is 1.17. The number of rotatable bonds is 4. The second-order valence-corrected chi connectivity index (χ2v) is 8.30. The zero-order valence-corrected chi connectivity index (χ0v) is 15.9. The summed E-state index contributed by atoms with van der Waals surface area (Å²) >= 11 is 1.74. The van der Waals surface area contributed by atoms with Crippen LogP contribution in [0.5, 0.6) is 0 Å². The summed E-state index contributed by atoms with van der Waals surface area (Å²) < 4.78 is 14.8. The summed E-state index contributed by atoms with van der Waals surface area (Å²) in [5.74, 6) is -0.129. The van der Waals surface area contributed by atoms with E-state index in [4.69, 9.17) is 5.26 Å². The van der Waals surface area contributed by atoms with Crippen LogP contribution in [0.15, 0.2) is 29.6 Å². The molecular weight excluding hydrogens is 363 g/mol. The summed E-state index contributed by atoms with van der Waals surface area (Å²) in [6.45, 7) is 1.98. The first-order chi connectivity index (χ1) is 13.1. The van der Waals surface area contributed by atoms with Gasteiger partial charge >= 0.3 is 0 Å². The molecule has 0 bridgehead atoms. The maximum absolute atomic E-state index is 13.5. The number of nitriles is 1. The standard InChI is InChI=1S/C20H23FN4OS/c21-14-10-16(11-22)25(12-14)20(26)13-24-7-4-15(5-8-24)23-18-2-1-3-19-17(18)6-9-27-19/h1-3,6,9,14-16,23H,4-5,7-8,10,12-13H2/t14-,16-/m0/s1. The third-order valence-electron chi connectivity index (χ3n) is 5.52. The van der Waals surface area contributed by atoms with Crippen LogP contribution in [0.3, 0.4) is 0 Å². The first kappa shape index (κ1) is 18.2. The Labute approximate surface area is 162 Å². The highest BCUT2D eigenvalue weighted by Gasteiger charge is 2.36. The van der Waals surface area contributed by atoms with Gasteiger partial charge in [-0.15, -0.1) is 11.3 Å². The molecule has 0 spiro atoms. The molecule has 2 atom stereocenters. The second-order valence-electron chi connectivity index (χ2n) is 7.36. The highest BCUT2D eigenvalue weighted by Crippen LogP contribution is 2.29. The molecule has 0 unspecified atom stereocenters. The number of fused-ring (bicyclic) bond motifs is 1. The Balaban J connectivity index is 1.30. The van der Waals surface area contributed by atoms with Gasteiger partial charge in [0.2, 0.25) is 5.91 Å². The van der Waals surface area contributed by atoms with Crippen LogP contribution in [-0.4, -0.2) is 60.1 Å². The molecule has 7 heteroatoms. The van der Waals surface area contributed by atoms with Crippen molar-refractivity contribution in [1.29, 1.82) is 5.26 Å². The van der Waals surface area contributed by atoms with Gasteiger partial charge < -0.3 is 10.2 Å². The summed E-state index contributed by atoms with van der Waals surface area (Å²) in [6, 6.07) is 10.3. The number of likely N-dealkylation sites (tertiary alicyclic amines) is 2. The van der Waals surface area contributed by atoms with E-state index in [1.807, 2.05) is 6.07 Å². The SMILES string of the molecule is N#C[C@@H]1C[C@H](F)CN1C(=O)CN1CCC(Nc2cccc3sccc23)CC1. The lowest BCUT2D eigenvalue weighted by Gasteiger charge is -2.33. The maximum Gasteiger partial charge on any atom is 0.237 e. The number of carbonyl (C=O) groups is 1. The first-order valence-corrected chi connectivity index (χ1v) is 10.3. The van der Waals surface area contributed by atoms with Crippen molar-refractivity contribution in [3.8, 4) is 6.07 Å². The number of piperidine rings is 1. The fourth-order valence-electron chi connectivity index (χ4n) is 4.04. The minimum Gasteiger partial charge on any atom is -0.382 e. The molecule has 27 heavy (non-hydrogen) atoms. The summed E-state index contributed by atoms with van der Waals surface area (Å²) in [6.07, 6.45) is 0.985. The van der Waals surface area contributed by atoms with Gasteiger partial charge in [0, 0.05) is 41.3 Å². The van der Waals surface area contributed by atoms with Crippen molar-refractivity contribution >= 4 is 33.0 Å². The molecule has 2 aliphatic rings. The van der Waals surface area contributed by atoms with Crippen LogP contribution < -0.4 is 5.32 Å². The smallest absolute Gasteiger partial charge is 0.237 e. The van der Waals surface area contributed by atoms with E-state index < -0.39 is 12.2 Å². The highest BCUT2D eigenvalue weighted by atomic mass is 32.1. The zero-order valence-electron chi connectivity index (χ0n) is 15.1. The molecule has 3 heterocycles. The number of alkyl halides is 1. The van der Waals surface area contributed by atoms with Gasteiger partial charge in [-0.2, -0.15) is 5.26 Å². The Kier molecular flexibility index (Phi) is 5.28. The van der Waals surface area contributed by atoms with Crippen LogP contribution in [0.4, 0.5) is 10.1 Å². The van der Waals surface area contributed by atoms with Gasteiger partial charge in [-0.1, -0.05) is 6.07 Å². The third-order valence-corrected chi connectivity index (χ3v) is 6.40. The van der Waals surface area contributed by atoms with Gasteiger partial charge in [0.25, 0.3) is 0 Å². The lowest BCUT2D eigenvalue weighted by Crippen LogP contribution is -2.46. The van der Waals surface area contributed by atoms with E-state index in [0.29, 0.717) is 6.04 Å². The van der Waals surface area contributed by atoms with Crippen molar-refractivity contribution in [3.05, 3.63) is 29.6 Å². The van der Waals surface area contributed by atoms with Gasteiger partial charge in [-0.05, 0) is 36.4 Å². The van der Waals surface area contributed by atoms with Crippen LogP contribution in [0.1, 0.15) is 19.3 Å². The third kappa shape index (κ3) is 3.92. The van der Waals surface area contributed by atoms with Gasteiger partial charge in [0.05, 0.1) is 19.2 Å². The number of halogens is 1. The Morgan fingerprint density at radius 3 is 2.93 bits per heavy atom. The number of thiophene rings is 1. The Morgan fingerprint density at radius 1 is 1.33 bits per heavy atom. The average molecular weight is 386 g/mol. The highest BCUT2D eigenvalue weighted by molar-refractivity contribution is 7.17. The van der Waals surface area contributed by atoms with Crippen molar-refractivity contribution in [1.82, 2.24) is 9.80 Å². The van der Waals surface area contributed by atoms with Crippen molar-refractivity contribution in [2.75, 3.05) is 31.5 Å². The summed E-state index contributed by atoms with van der Waals surface area (Å²) in [7, 11) is 0. The fourth-order valence-corrected chi connectivity index (χ4v) is 4.85. The second kappa shape index (κ2) is 7.83. The number of benzene rings is 1. The normalized spacial score (nSPS) is 24.2. The van der Waals surface area contributed by atoms with E-state index in [2.05, 4.69) is 39.9 Å². The van der Waals surface area contributed by atoms with E-state index in [0.717, 1.165) is 25.9 Å². The van der Waals surface area contributed by atoms with Gasteiger partial charge in [0.15, 0.2) is 0 Å². The first-order valence-electron chi connectivity index (χ1n) is 9.42. The minimum atomic E-state index is -1.08. The Bertz CT molecular complexity index is 855. The van der Waals surface area contributed by atoms with E-state index in [1.165, 1.54) is 20.7 Å². The van der Waals surface area contributed by atoms with Crippen LogP contribution in [0.2, 0.25) is 0 Å². The van der Waals surface area contributed by atoms with E-state index >= 15 is 0 Å². The number of nitrogens with zero attached hydrogens (tertiary/aromatic N) is 3. The topological polar surface area (TPSA) is 59.4 Å². The molecule has 0 aliphatic carbocycles. The number of hydrogen-bond acceptors (Lipinski definition) is 5. The number of amides is 1. The Hall–Kier alpha value is -2.17. The van der Waals surface area contributed by atoms with Crippen molar-refractivity contribution in [2.45, 2.75) is 37.5 Å². The predicted molar refractivity (Wildman–Crippen MR) is 106 cm³/mol. The van der Waals surface area contributed by atoms with Crippen LogP contribution in [-0.2, 0) is 4.79 Å². The van der Waals surface area contributed by atoms with Crippen molar-refractivity contribution in [3.63, 3.8) is 0 Å². The number of carbonyl (C=O) groups excluding carboxylic acids is 1. The van der Waals surface area contributed by atoms with Gasteiger partial charge in [-0.3, -0.25) is 9.69 Å². The predicted octanol–water partition coefficient (Wildman–Crippen LogP) is 3.24. The molecule has 2 saturated heterocycles.